The molecule has 7 nitrogen and oxygen atoms in total. The maximum absolute atomic E-state index is 13.3. The molecule has 180 valence electrons. The van der Waals surface area contributed by atoms with Crippen molar-refractivity contribution in [2.45, 2.75) is 52.1 Å². The van der Waals surface area contributed by atoms with Gasteiger partial charge in [-0.25, -0.2) is 4.39 Å². The second-order valence-corrected chi connectivity index (χ2v) is 8.27. The largest absolute Gasteiger partial charge is 0.354 e. The van der Waals surface area contributed by atoms with Crippen LogP contribution in [-0.4, -0.2) is 52.6 Å². The summed E-state index contributed by atoms with van der Waals surface area (Å²) in [6.45, 7) is 4.56. The Morgan fingerprint density at radius 3 is 2.18 bits per heavy atom. The molecule has 0 saturated carbocycles. The number of benzene rings is 2. The highest BCUT2D eigenvalue weighted by molar-refractivity contribution is 6.21. The molecule has 1 heterocycles. The fraction of sp³-hybridized carbons (Fsp3) is 0.385. The van der Waals surface area contributed by atoms with Crippen LogP contribution in [-0.2, 0) is 16.1 Å². The number of nitrogens with zero attached hydrogens (tertiary/aromatic N) is 2. The van der Waals surface area contributed by atoms with E-state index in [1.165, 1.54) is 17.0 Å². The highest BCUT2D eigenvalue weighted by atomic mass is 19.1. The van der Waals surface area contributed by atoms with Gasteiger partial charge in [-0.3, -0.25) is 24.1 Å². The first-order valence-corrected chi connectivity index (χ1v) is 11.6. The Balaban J connectivity index is 1.69. The van der Waals surface area contributed by atoms with Gasteiger partial charge in [0, 0.05) is 26.1 Å². The zero-order valence-electron chi connectivity index (χ0n) is 19.6. The van der Waals surface area contributed by atoms with Gasteiger partial charge in [-0.2, -0.15) is 0 Å². The number of carbonyl (C=O) groups excluding carboxylic acids is 4. The van der Waals surface area contributed by atoms with Gasteiger partial charge in [-0.1, -0.05) is 38.1 Å². The van der Waals surface area contributed by atoms with Crippen molar-refractivity contribution in [3.05, 3.63) is 71.0 Å². The van der Waals surface area contributed by atoms with E-state index in [4.69, 9.17) is 0 Å². The second kappa shape index (κ2) is 11.5. The molecule has 0 bridgehead atoms. The molecule has 1 atom stereocenters. The number of hydrogen-bond donors (Lipinski definition) is 1. The molecule has 1 unspecified atom stereocenters. The molecule has 0 fully saturated rings. The predicted octanol–water partition coefficient (Wildman–Crippen LogP) is 3.54. The molecule has 1 aliphatic heterocycles. The van der Waals surface area contributed by atoms with Crippen LogP contribution in [0, 0.1) is 5.82 Å². The molecule has 0 aromatic heterocycles. The number of fused-ring (bicyclic) bond motifs is 1. The molecule has 0 spiro atoms. The molecule has 1 aliphatic rings. The maximum atomic E-state index is 13.3. The highest BCUT2D eigenvalue weighted by Crippen LogP contribution is 2.23. The molecular formula is C26H30FN3O4. The van der Waals surface area contributed by atoms with Gasteiger partial charge in [0.2, 0.25) is 11.8 Å². The fourth-order valence-electron chi connectivity index (χ4n) is 4.05. The van der Waals surface area contributed by atoms with Crippen molar-refractivity contribution in [3.63, 3.8) is 0 Å². The summed E-state index contributed by atoms with van der Waals surface area (Å²) < 4.78 is 13.3. The van der Waals surface area contributed by atoms with E-state index in [0.717, 1.165) is 11.3 Å². The van der Waals surface area contributed by atoms with Crippen molar-refractivity contribution in [1.82, 2.24) is 15.1 Å². The minimum atomic E-state index is -0.677. The van der Waals surface area contributed by atoms with E-state index in [2.05, 4.69) is 5.32 Å². The van der Waals surface area contributed by atoms with E-state index in [1.54, 1.807) is 36.4 Å². The Morgan fingerprint density at radius 1 is 1.00 bits per heavy atom. The van der Waals surface area contributed by atoms with Crippen LogP contribution in [0.3, 0.4) is 0 Å². The van der Waals surface area contributed by atoms with Gasteiger partial charge in [-0.05, 0) is 49.1 Å². The molecule has 0 saturated heterocycles. The Bertz CT molecular complexity index is 1020. The number of carbonyl (C=O) groups is 4. The van der Waals surface area contributed by atoms with Crippen molar-refractivity contribution in [2.24, 2.45) is 0 Å². The lowest BCUT2D eigenvalue weighted by Crippen LogP contribution is -2.49. The number of imide groups is 1. The van der Waals surface area contributed by atoms with Crippen LogP contribution in [0.15, 0.2) is 48.5 Å². The smallest absolute Gasteiger partial charge is 0.261 e. The zero-order valence-corrected chi connectivity index (χ0v) is 19.6. The Kier molecular flexibility index (Phi) is 8.51. The Labute approximate surface area is 198 Å². The van der Waals surface area contributed by atoms with Crippen LogP contribution in [0.2, 0.25) is 0 Å². The first-order chi connectivity index (χ1) is 16.4. The van der Waals surface area contributed by atoms with Gasteiger partial charge in [0.15, 0.2) is 0 Å². The van der Waals surface area contributed by atoms with Crippen LogP contribution in [0.4, 0.5) is 4.39 Å². The van der Waals surface area contributed by atoms with Crippen molar-refractivity contribution in [1.29, 1.82) is 0 Å². The average Bonchev–Trinajstić information content (AvgIpc) is 3.08. The van der Waals surface area contributed by atoms with E-state index in [1.807, 2.05) is 13.8 Å². The summed E-state index contributed by atoms with van der Waals surface area (Å²) in [5.74, 6) is -1.60. The summed E-state index contributed by atoms with van der Waals surface area (Å²) in [7, 11) is 0. The molecule has 2 aromatic carbocycles. The third-order valence-electron chi connectivity index (χ3n) is 5.85. The van der Waals surface area contributed by atoms with Gasteiger partial charge in [-0.15, -0.1) is 0 Å². The molecule has 4 amide bonds. The fourth-order valence-corrected chi connectivity index (χ4v) is 4.05. The standard InChI is InChI=1S/C26H30FN3O4/c1-3-15-28-24(32)22(4-2)30(17-18-11-13-19(27)14-12-18)23(31)10-7-16-29-25(33)20-8-5-6-9-21(20)26(29)34/h5-6,8-9,11-14,22H,3-4,7,10,15-17H2,1-2H3,(H,28,32). The van der Waals surface area contributed by atoms with Crippen molar-refractivity contribution < 1.29 is 23.6 Å². The first kappa shape index (κ1) is 25.1. The summed E-state index contributed by atoms with van der Waals surface area (Å²) in [6.07, 6.45) is 1.53. The molecule has 34 heavy (non-hydrogen) atoms. The lowest BCUT2D eigenvalue weighted by molar-refractivity contribution is -0.141. The molecule has 3 rings (SSSR count). The van der Waals surface area contributed by atoms with Crippen LogP contribution < -0.4 is 5.32 Å². The molecule has 2 aromatic rings. The van der Waals surface area contributed by atoms with E-state index >= 15 is 0 Å². The third-order valence-corrected chi connectivity index (χ3v) is 5.85. The first-order valence-electron chi connectivity index (χ1n) is 11.6. The van der Waals surface area contributed by atoms with Gasteiger partial charge in [0.1, 0.15) is 11.9 Å². The predicted molar refractivity (Wildman–Crippen MR) is 125 cm³/mol. The molecule has 0 aliphatic carbocycles. The van der Waals surface area contributed by atoms with Gasteiger partial charge >= 0.3 is 0 Å². The van der Waals surface area contributed by atoms with Gasteiger partial charge < -0.3 is 10.2 Å². The monoisotopic (exact) mass is 467 g/mol. The summed E-state index contributed by atoms with van der Waals surface area (Å²) in [4.78, 5) is 53.8. The molecule has 0 radical (unpaired) electrons. The lowest BCUT2D eigenvalue weighted by Gasteiger charge is -2.31. The van der Waals surface area contributed by atoms with Crippen LogP contribution in [0.25, 0.3) is 0 Å². The highest BCUT2D eigenvalue weighted by Gasteiger charge is 2.35. The number of nitrogens with one attached hydrogen (secondary N) is 1. The quantitative estimate of drug-likeness (QED) is 0.512. The molecule has 8 heteroatoms. The number of rotatable bonds is 11. The van der Waals surface area contributed by atoms with Gasteiger partial charge in [0.05, 0.1) is 11.1 Å². The summed E-state index contributed by atoms with van der Waals surface area (Å²) >= 11 is 0. The van der Waals surface area contributed by atoms with E-state index in [0.29, 0.717) is 29.7 Å². The van der Waals surface area contributed by atoms with Crippen molar-refractivity contribution in [3.8, 4) is 0 Å². The lowest BCUT2D eigenvalue weighted by atomic mass is 10.1. The number of halogens is 1. The summed E-state index contributed by atoms with van der Waals surface area (Å²) in [6, 6.07) is 11.8. The second-order valence-electron chi connectivity index (χ2n) is 8.27. The zero-order chi connectivity index (χ0) is 24.7. The summed E-state index contributed by atoms with van der Waals surface area (Å²) in [5, 5.41) is 2.85. The summed E-state index contributed by atoms with van der Waals surface area (Å²) in [5.41, 5.74) is 1.45. The minimum absolute atomic E-state index is 0.0617. The minimum Gasteiger partial charge on any atom is -0.354 e. The maximum Gasteiger partial charge on any atom is 0.261 e. The molecular weight excluding hydrogens is 437 g/mol. The topological polar surface area (TPSA) is 86.8 Å². The average molecular weight is 468 g/mol. The van der Waals surface area contributed by atoms with Crippen LogP contribution in [0.5, 0.6) is 0 Å². The van der Waals surface area contributed by atoms with Gasteiger partial charge in [0.25, 0.3) is 11.8 Å². The van der Waals surface area contributed by atoms with Crippen LogP contribution >= 0.6 is 0 Å². The van der Waals surface area contributed by atoms with Crippen molar-refractivity contribution >= 4 is 23.6 Å². The third kappa shape index (κ3) is 5.68. The SMILES string of the molecule is CCCNC(=O)C(CC)N(Cc1ccc(F)cc1)C(=O)CCCN1C(=O)c2ccccc2C1=O. The van der Waals surface area contributed by atoms with E-state index in [-0.39, 0.29) is 55.4 Å². The number of amides is 4. The number of hydrogen-bond acceptors (Lipinski definition) is 4. The van der Waals surface area contributed by atoms with Crippen molar-refractivity contribution in [2.75, 3.05) is 13.1 Å². The normalized spacial score (nSPS) is 13.6. The van der Waals surface area contributed by atoms with E-state index < -0.39 is 6.04 Å². The Morgan fingerprint density at radius 2 is 1.62 bits per heavy atom. The van der Waals surface area contributed by atoms with Crippen LogP contribution in [0.1, 0.15) is 65.8 Å². The Hall–Kier alpha value is -3.55. The molecule has 1 N–H and O–H groups in total. The van der Waals surface area contributed by atoms with E-state index in [9.17, 15) is 23.6 Å².